The van der Waals surface area contributed by atoms with E-state index in [1.165, 1.54) is 12.8 Å². The third-order valence-electron chi connectivity index (χ3n) is 3.81. The summed E-state index contributed by atoms with van der Waals surface area (Å²) < 4.78 is 5.30. The maximum Gasteiger partial charge on any atom is 0.228 e. The first-order valence-electron chi connectivity index (χ1n) is 7.80. The molecular formula is C16H20ClN5O. The quantitative estimate of drug-likeness (QED) is 0.688. The van der Waals surface area contributed by atoms with Gasteiger partial charge >= 0.3 is 0 Å². The number of benzene rings is 1. The smallest absolute Gasteiger partial charge is 0.228 e. The molecule has 122 valence electrons. The third kappa shape index (κ3) is 4.01. The zero-order chi connectivity index (χ0) is 16.1. The molecule has 0 amide bonds. The summed E-state index contributed by atoms with van der Waals surface area (Å²) in [4.78, 5) is 11.0. The molecule has 0 spiro atoms. The van der Waals surface area contributed by atoms with E-state index in [1.54, 1.807) is 0 Å². The number of rotatable bonds is 4. The second-order valence-electron chi connectivity index (χ2n) is 5.44. The summed E-state index contributed by atoms with van der Waals surface area (Å²) in [6.45, 7) is 2.85. The number of nitrogens with one attached hydrogen (secondary N) is 1. The van der Waals surface area contributed by atoms with Crippen molar-refractivity contribution in [1.82, 2.24) is 20.4 Å². The van der Waals surface area contributed by atoms with Gasteiger partial charge in [0.05, 0.1) is 0 Å². The number of hydrogen-bond acceptors (Lipinski definition) is 4. The number of halogens is 1. The van der Waals surface area contributed by atoms with E-state index in [-0.39, 0.29) is 0 Å². The van der Waals surface area contributed by atoms with Crippen LogP contribution in [-0.2, 0) is 6.42 Å². The van der Waals surface area contributed by atoms with E-state index in [2.05, 4.69) is 25.3 Å². The average Bonchev–Trinajstić information content (AvgIpc) is 3.24. The lowest BCUT2D eigenvalue weighted by molar-refractivity contribution is 0.377. The normalized spacial score (nSPS) is 15.2. The monoisotopic (exact) mass is 333 g/mol. The number of hydrogen-bond donors (Lipinski definition) is 1. The minimum absolute atomic E-state index is 0.584. The van der Waals surface area contributed by atoms with Crippen LogP contribution in [-0.4, -0.2) is 47.7 Å². The van der Waals surface area contributed by atoms with Crippen LogP contribution in [0.3, 0.4) is 0 Å². The molecule has 2 aromatic rings. The van der Waals surface area contributed by atoms with E-state index in [1.807, 2.05) is 31.3 Å². The fourth-order valence-electron chi connectivity index (χ4n) is 2.62. The zero-order valence-corrected chi connectivity index (χ0v) is 13.9. The third-order valence-corrected chi connectivity index (χ3v) is 4.06. The largest absolute Gasteiger partial charge is 0.356 e. The highest BCUT2D eigenvalue weighted by Gasteiger charge is 2.15. The van der Waals surface area contributed by atoms with Crippen molar-refractivity contribution >= 4 is 17.6 Å². The maximum atomic E-state index is 5.88. The van der Waals surface area contributed by atoms with Crippen LogP contribution in [0.5, 0.6) is 0 Å². The molecule has 23 heavy (non-hydrogen) atoms. The van der Waals surface area contributed by atoms with Crippen molar-refractivity contribution in [3.63, 3.8) is 0 Å². The molecule has 7 heteroatoms. The predicted molar refractivity (Wildman–Crippen MR) is 90.6 cm³/mol. The average molecular weight is 334 g/mol. The second kappa shape index (κ2) is 7.46. The molecule has 1 fully saturated rings. The second-order valence-corrected chi connectivity index (χ2v) is 5.87. The Bertz CT molecular complexity index is 661. The first-order chi connectivity index (χ1) is 11.3. The molecule has 1 aliphatic heterocycles. The van der Waals surface area contributed by atoms with Gasteiger partial charge in [-0.1, -0.05) is 16.8 Å². The van der Waals surface area contributed by atoms with E-state index >= 15 is 0 Å². The Balaban J connectivity index is 1.54. The van der Waals surface area contributed by atoms with Gasteiger partial charge < -0.3 is 14.7 Å². The van der Waals surface area contributed by atoms with E-state index in [9.17, 15) is 0 Å². The van der Waals surface area contributed by atoms with Crippen LogP contribution in [0.25, 0.3) is 11.4 Å². The molecule has 2 heterocycles. The van der Waals surface area contributed by atoms with Crippen molar-refractivity contribution in [1.29, 1.82) is 0 Å². The summed E-state index contributed by atoms with van der Waals surface area (Å²) in [6, 6.07) is 7.39. The summed E-state index contributed by atoms with van der Waals surface area (Å²) in [7, 11) is 1.81. The summed E-state index contributed by atoms with van der Waals surface area (Å²) in [5, 5.41) is 8.05. The van der Waals surface area contributed by atoms with Gasteiger partial charge in [-0.05, 0) is 37.1 Å². The van der Waals surface area contributed by atoms with Gasteiger partial charge in [0.1, 0.15) is 0 Å². The van der Waals surface area contributed by atoms with Crippen LogP contribution in [0.15, 0.2) is 33.8 Å². The van der Waals surface area contributed by atoms with Crippen molar-refractivity contribution < 1.29 is 4.52 Å². The lowest BCUT2D eigenvalue weighted by Crippen LogP contribution is -2.40. The Morgan fingerprint density at radius 3 is 2.74 bits per heavy atom. The van der Waals surface area contributed by atoms with Crippen molar-refractivity contribution in [2.45, 2.75) is 19.3 Å². The number of aromatic nitrogens is 2. The Morgan fingerprint density at radius 2 is 2.04 bits per heavy atom. The Morgan fingerprint density at radius 1 is 1.30 bits per heavy atom. The number of aliphatic imine (C=N–C) groups is 1. The fraction of sp³-hybridized carbons (Fsp3) is 0.438. The van der Waals surface area contributed by atoms with Crippen molar-refractivity contribution in [2.75, 3.05) is 26.7 Å². The van der Waals surface area contributed by atoms with E-state index < -0.39 is 0 Å². The number of nitrogens with zero attached hydrogens (tertiary/aromatic N) is 4. The molecule has 0 unspecified atom stereocenters. The van der Waals surface area contributed by atoms with Gasteiger partial charge in [-0.25, -0.2) is 0 Å². The number of likely N-dealkylation sites (tertiary alicyclic amines) is 1. The molecule has 0 aliphatic carbocycles. The maximum absolute atomic E-state index is 5.88. The van der Waals surface area contributed by atoms with Crippen molar-refractivity contribution in [2.24, 2.45) is 4.99 Å². The molecule has 1 aromatic heterocycles. The van der Waals surface area contributed by atoms with Gasteiger partial charge in [0.25, 0.3) is 0 Å². The zero-order valence-electron chi connectivity index (χ0n) is 13.1. The SMILES string of the molecule is CN=C(NCCc1nc(-c2ccc(Cl)cc2)no1)N1CCCC1. The van der Waals surface area contributed by atoms with Crippen LogP contribution in [0.4, 0.5) is 0 Å². The Kier molecular flexibility index (Phi) is 5.12. The van der Waals surface area contributed by atoms with Gasteiger partial charge in [0, 0.05) is 43.7 Å². The highest BCUT2D eigenvalue weighted by atomic mass is 35.5. The van der Waals surface area contributed by atoms with E-state index in [0.717, 1.165) is 24.6 Å². The lowest BCUT2D eigenvalue weighted by Gasteiger charge is -2.20. The Hall–Kier alpha value is -2.08. The lowest BCUT2D eigenvalue weighted by atomic mass is 10.2. The molecule has 0 bridgehead atoms. The molecule has 0 saturated carbocycles. The van der Waals surface area contributed by atoms with Gasteiger partial charge in [-0.15, -0.1) is 0 Å². The minimum atomic E-state index is 0.584. The predicted octanol–water partition coefficient (Wildman–Crippen LogP) is 2.60. The van der Waals surface area contributed by atoms with Crippen molar-refractivity contribution in [3.8, 4) is 11.4 Å². The van der Waals surface area contributed by atoms with Crippen LogP contribution in [0.2, 0.25) is 5.02 Å². The molecule has 1 saturated heterocycles. The Labute approximate surface area is 140 Å². The molecule has 1 aromatic carbocycles. The van der Waals surface area contributed by atoms with Gasteiger partial charge in [0.15, 0.2) is 5.96 Å². The van der Waals surface area contributed by atoms with Gasteiger partial charge in [-0.2, -0.15) is 4.98 Å². The van der Waals surface area contributed by atoms with Crippen LogP contribution >= 0.6 is 11.6 Å². The molecule has 1 aliphatic rings. The van der Waals surface area contributed by atoms with Crippen LogP contribution in [0, 0.1) is 0 Å². The first-order valence-corrected chi connectivity index (χ1v) is 8.18. The van der Waals surface area contributed by atoms with Gasteiger partial charge in [0.2, 0.25) is 11.7 Å². The molecule has 6 nitrogen and oxygen atoms in total. The first kappa shape index (κ1) is 15.8. The molecule has 3 rings (SSSR count). The highest BCUT2D eigenvalue weighted by Crippen LogP contribution is 2.18. The number of guanidine groups is 1. The molecule has 0 atom stereocenters. The highest BCUT2D eigenvalue weighted by molar-refractivity contribution is 6.30. The topological polar surface area (TPSA) is 66.5 Å². The van der Waals surface area contributed by atoms with Crippen molar-refractivity contribution in [3.05, 3.63) is 35.2 Å². The van der Waals surface area contributed by atoms with E-state index in [0.29, 0.717) is 29.7 Å². The summed E-state index contributed by atoms with van der Waals surface area (Å²) >= 11 is 5.88. The molecule has 0 radical (unpaired) electrons. The minimum Gasteiger partial charge on any atom is -0.356 e. The van der Waals surface area contributed by atoms with Crippen LogP contribution in [0.1, 0.15) is 18.7 Å². The standard InChI is InChI=1S/C16H20ClN5O/c1-18-16(22-10-2-3-11-22)19-9-8-14-20-15(21-23-14)12-4-6-13(17)7-5-12/h4-7H,2-3,8-11H2,1H3,(H,18,19). The fourth-order valence-corrected chi connectivity index (χ4v) is 2.74. The van der Waals surface area contributed by atoms with Crippen LogP contribution < -0.4 is 5.32 Å². The molecular weight excluding hydrogens is 314 g/mol. The molecule has 1 N–H and O–H groups in total. The van der Waals surface area contributed by atoms with E-state index in [4.69, 9.17) is 16.1 Å². The summed E-state index contributed by atoms with van der Waals surface area (Å²) in [6.07, 6.45) is 3.12. The summed E-state index contributed by atoms with van der Waals surface area (Å²) in [5.74, 6) is 2.14. The summed E-state index contributed by atoms with van der Waals surface area (Å²) in [5.41, 5.74) is 0.894. The van der Waals surface area contributed by atoms with Gasteiger partial charge in [-0.3, -0.25) is 4.99 Å².